The SMILES string of the molecule is CC1=C(c2nc(C(C)(C)C)no2)Cn2nnnc2N1C. The van der Waals surface area contributed by atoms with Gasteiger partial charge in [0.25, 0.3) is 5.89 Å². The number of allylic oxidation sites excluding steroid dienone is 2. The van der Waals surface area contributed by atoms with Crippen molar-refractivity contribution in [1.82, 2.24) is 30.3 Å². The first-order valence-electron chi connectivity index (χ1n) is 6.42. The van der Waals surface area contributed by atoms with Crippen LogP contribution in [-0.4, -0.2) is 37.4 Å². The van der Waals surface area contributed by atoms with E-state index in [1.54, 1.807) is 4.68 Å². The van der Waals surface area contributed by atoms with E-state index in [9.17, 15) is 0 Å². The van der Waals surface area contributed by atoms with Crippen LogP contribution in [0.3, 0.4) is 0 Å². The third-order valence-electron chi connectivity index (χ3n) is 3.42. The highest BCUT2D eigenvalue weighted by Crippen LogP contribution is 2.30. The molecule has 0 amide bonds. The third-order valence-corrected chi connectivity index (χ3v) is 3.42. The average molecular weight is 275 g/mol. The third kappa shape index (κ3) is 1.87. The Hall–Kier alpha value is -2.25. The lowest BCUT2D eigenvalue weighted by Crippen LogP contribution is -2.27. The van der Waals surface area contributed by atoms with Gasteiger partial charge in [0.1, 0.15) is 0 Å². The molecule has 2 aromatic heterocycles. The molecule has 0 fully saturated rings. The maximum absolute atomic E-state index is 5.41. The van der Waals surface area contributed by atoms with Crippen LogP contribution in [0.1, 0.15) is 39.4 Å². The van der Waals surface area contributed by atoms with E-state index in [1.165, 1.54) is 0 Å². The van der Waals surface area contributed by atoms with E-state index < -0.39 is 0 Å². The van der Waals surface area contributed by atoms with E-state index in [4.69, 9.17) is 4.52 Å². The first-order valence-corrected chi connectivity index (χ1v) is 6.42. The number of hydrogen-bond acceptors (Lipinski definition) is 7. The standard InChI is InChI=1S/C12H17N7O/c1-7-8(6-19-11(18(7)5)14-16-17-19)9-13-10(15-20-9)12(2,3)4/h6H2,1-5H3. The molecule has 1 aliphatic heterocycles. The molecule has 0 aromatic carbocycles. The Morgan fingerprint density at radius 2 is 2.00 bits per heavy atom. The lowest BCUT2D eigenvalue weighted by molar-refractivity contribution is 0.382. The number of rotatable bonds is 1. The summed E-state index contributed by atoms with van der Waals surface area (Å²) in [6, 6.07) is 0. The van der Waals surface area contributed by atoms with Crippen molar-refractivity contribution in [3.05, 3.63) is 17.4 Å². The van der Waals surface area contributed by atoms with Crippen molar-refractivity contribution >= 4 is 11.5 Å². The van der Waals surface area contributed by atoms with Crippen LogP contribution in [0.2, 0.25) is 0 Å². The largest absolute Gasteiger partial charge is 0.334 e. The number of tetrazole rings is 1. The number of hydrogen-bond donors (Lipinski definition) is 0. The quantitative estimate of drug-likeness (QED) is 0.773. The fourth-order valence-corrected chi connectivity index (χ4v) is 2.03. The van der Waals surface area contributed by atoms with Crippen LogP contribution in [0, 0.1) is 0 Å². The van der Waals surface area contributed by atoms with Gasteiger partial charge in [0, 0.05) is 18.2 Å². The molecular weight excluding hydrogens is 258 g/mol. The lowest BCUT2D eigenvalue weighted by atomic mass is 9.96. The van der Waals surface area contributed by atoms with Crippen LogP contribution in [0.5, 0.6) is 0 Å². The molecule has 1 aliphatic rings. The van der Waals surface area contributed by atoms with Gasteiger partial charge in [-0.3, -0.25) is 0 Å². The normalized spacial score (nSPS) is 15.8. The summed E-state index contributed by atoms with van der Waals surface area (Å²) in [6.45, 7) is 8.68. The number of anilines is 1. The summed E-state index contributed by atoms with van der Waals surface area (Å²) in [5.41, 5.74) is 1.81. The minimum Gasteiger partial charge on any atom is -0.334 e. The monoisotopic (exact) mass is 275 g/mol. The number of fused-ring (bicyclic) bond motifs is 1. The maximum atomic E-state index is 5.41. The molecule has 8 nitrogen and oxygen atoms in total. The summed E-state index contributed by atoms with van der Waals surface area (Å²) < 4.78 is 7.12. The van der Waals surface area contributed by atoms with E-state index in [0.29, 0.717) is 24.2 Å². The molecule has 0 N–H and O–H groups in total. The molecule has 0 aliphatic carbocycles. The minimum atomic E-state index is -0.142. The fraction of sp³-hybridized carbons (Fsp3) is 0.583. The Balaban J connectivity index is 2.02. The van der Waals surface area contributed by atoms with E-state index in [1.807, 2.05) is 18.9 Å². The smallest absolute Gasteiger partial charge is 0.257 e. The molecule has 0 spiro atoms. The van der Waals surface area contributed by atoms with Crippen molar-refractivity contribution in [2.45, 2.75) is 39.7 Å². The predicted molar refractivity (Wildman–Crippen MR) is 71.8 cm³/mol. The molecule has 3 heterocycles. The second-order valence-corrected chi connectivity index (χ2v) is 5.93. The Morgan fingerprint density at radius 3 is 2.65 bits per heavy atom. The lowest BCUT2D eigenvalue weighted by Gasteiger charge is -2.25. The van der Waals surface area contributed by atoms with Gasteiger partial charge < -0.3 is 9.42 Å². The zero-order chi connectivity index (χ0) is 14.5. The Morgan fingerprint density at radius 1 is 1.25 bits per heavy atom. The van der Waals surface area contributed by atoms with E-state index >= 15 is 0 Å². The van der Waals surface area contributed by atoms with Gasteiger partial charge in [-0.05, 0) is 17.4 Å². The molecule has 8 heteroatoms. The summed E-state index contributed by atoms with van der Waals surface area (Å²) in [5, 5.41) is 15.7. The summed E-state index contributed by atoms with van der Waals surface area (Å²) in [5.74, 6) is 1.93. The van der Waals surface area contributed by atoms with Crippen molar-refractivity contribution in [2.24, 2.45) is 0 Å². The van der Waals surface area contributed by atoms with Crippen LogP contribution in [0.25, 0.3) is 5.57 Å². The van der Waals surface area contributed by atoms with Gasteiger partial charge in [0.2, 0.25) is 5.95 Å². The molecule has 0 unspecified atom stereocenters. The van der Waals surface area contributed by atoms with Crippen LogP contribution in [0.15, 0.2) is 10.2 Å². The van der Waals surface area contributed by atoms with Crippen molar-refractivity contribution < 1.29 is 4.52 Å². The Labute approximate surface area is 116 Å². The van der Waals surface area contributed by atoms with Gasteiger partial charge in [-0.1, -0.05) is 31.0 Å². The highest BCUT2D eigenvalue weighted by atomic mass is 16.5. The topological polar surface area (TPSA) is 85.8 Å². The molecular formula is C12H17N7O. The fourth-order valence-electron chi connectivity index (χ4n) is 2.03. The molecule has 106 valence electrons. The summed E-state index contributed by atoms with van der Waals surface area (Å²) >= 11 is 0. The van der Waals surface area contributed by atoms with E-state index in [0.717, 1.165) is 11.3 Å². The summed E-state index contributed by atoms with van der Waals surface area (Å²) in [4.78, 5) is 6.42. The van der Waals surface area contributed by atoms with Crippen LogP contribution < -0.4 is 4.90 Å². The second-order valence-electron chi connectivity index (χ2n) is 5.93. The zero-order valence-corrected chi connectivity index (χ0v) is 12.2. The van der Waals surface area contributed by atoms with Crippen molar-refractivity contribution in [2.75, 3.05) is 11.9 Å². The van der Waals surface area contributed by atoms with Crippen LogP contribution in [0.4, 0.5) is 5.95 Å². The molecule has 0 radical (unpaired) electrons. The molecule has 0 saturated heterocycles. The van der Waals surface area contributed by atoms with Crippen LogP contribution >= 0.6 is 0 Å². The summed E-state index contributed by atoms with van der Waals surface area (Å²) in [7, 11) is 1.91. The maximum Gasteiger partial charge on any atom is 0.257 e. The molecule has 2 aromatic rings. The van der Waals surface area contributed by atoms with Gasteiger partial charge in [-0.15, -0.1) is 0 Å². The average Bonchev–Trinajstić information content (AvgIpc) is 3.00. The van der Waals surface area contributed by atoms with E-state index in [-0.39, 0.29) is 5.41 Å². The van der Waals surface area contributed by atoms with Crippen LogP contribution in [-0.2, 0) is 12.0 Å². The molecule has 0 atom stereocenters. The highest BCUT2D eigenvalue weighted by Gasteiger charge is 2.28. The van der Waals surface area contributed by atoms with Gasteiger partial charge in [0.15, 0.2) is 5.82 Å². The first-order chi connectivity index (χ1) is 9.38. The van der Waals surface area contributed by atoms with Crippen molar-refractivity contribution in [1.29, 1.82) is 0 Å². The first kappa shape index (κ1) is 12.8. The second kappa shape index (κ2) is 4.12. The molecule has 0 bridgehead atoms. The van der Waals surface area contributed by atoms with Crippen molar-refractivity contribution in [3.63, 3.8) is 0 Å². The van der Waals surface area contributed by atoms with Gasteiger partial charge in [-0.2, -0.15) is 4.98 Å². The Kier molecular flexibility index (Phi) is 2.63. The van der Waals surface area contributed by atoms with E-state index in [2.05, 4.69) is 46.4 Å². The summed E-state index contributed by atoms with van der Waals surface area (Å²) in [6.07, 6.45) is 0. The van der Waals surface area contributed by atoms with Crippen molar-refractivity contribution in [3.8, 4) is 0 Å². The molecule has 20 heavy (non-hydrogen) atoms. The molecule has 0 saturated carbocycles. The minimum absolute atomic E-state index is 0.142. The van der Waals surface area contributed by atoms with Gasteiger partial charge in [0.05, 0.1) is 12.1 Å². The number of nitrogens with zero attached hydrogens (tertiary/aromatic N) is 7. The molecule has 3 rings (SSSR count). The Bertz CT molecular complexity index is 676. The van der Waals surface area contributed by atoms with Gasteiger partial charge in [-0.25, -0.2) is 4.68 Å². The highest BCUT2D eigenvalue weighted by molar-refractivity contribution is 5.68. The van der Waals surface area contributed by atoms with Gasteiger partial charge >= 0.3 is 0 Å². The zero-order valence-electron chi connectivity index (χ0n) is 12.2. The predicted octanol–water partition coefficient (Wildman–Crippen LogP) is 1.23. The number of aromatic nitrogens is 6.